The van der Waals surface area contributed by atoms with E-state index in [0.29, 0.717) is 6.54 Å². The fourth-order valence-electron chi connectivity index (χ4n) is 3.40. The molecule has 1 saturated heterocycles. The average Bonchev–Trinajstić information content (AvgIpc) is 2.68. The van der Waals surface area contributed by atoms with Gasteiger partial charge in [0.25, 0.3) is 0 Å². The van der Waals surface area contributed by atoms with E-state index < -0.39 is 5.97 Å². The molecular formula is C21H24N2O4. The number of carboxylic acid groups (broad SMARTS) is 1. The Morgan fingerprint density at radius 1 is 1.19 bits per heavy atom. The minimum atomic E-state index is -0.857. The minimum absolute atomic E-state index is 0.0149. The molecule has 6 heteroatoms. The lowest BCUT2D eigenvalue weighted by atomic mass is 9.97. The summed E-state index contributed by atoms with van der Waals surface area (Å²) < 4.78 is 5.25. The zero-order valence-electron chi connectivity index (χ0n) is 15.4. The summed E-state index contributed by atoms with van der Waals surface area (Å²) in [4.78, 5) is 25.2. The highest BCUT2D eigenvalue weighted by atomic mass is 16.5. The number of aliphatic carboxylic acids is 1. The number of carbonyl (C=O) groups is 2. The number of likely N-dealkylation sites (tertiary alicyclic amines) is 1. The molecule has 0 saturated carbocycles. The predicted octanol–water partition coefficient (Wildman–Crippen LogP) is 3.10. The van der Waals surface area contributed by atoms with Crippen LogP contribution in [0.1, 0.15) is 12.8 Å². The smallest absolute Gasteiger partial charge is 0.317 e. The van der Waals surface area contributed by atoms with E-state index in [0.717, 1.165) is 42.0 Å². The monoisotopic (exact) mass is 368 g/mol. The van der Waals surface area contributed by atoms with Crippen LogP contribution >= 0.6 is 0 Å². The summed E-state index contributed by atoms with van der Waals surface area (Å²) in [6.07, 6.45) is 1.62. The Labute approximate surface area is 158 Å². The number of nitrogens with zero attached hydrogens (tertiary/aromatic N) is 1. The Morgan fingerprint density at radius 3 is 2.67 bits per heavy atom. The third-order valence-corrected chi connectivity index (χ3v) is 4.79. The van der Waals surface area contributed by atoms with Gasteiger partial charge < -0.3 is 15.2 Å². The van der Waals surface area contributed by atoms with Gasteiger partial charge in [-0.1, -0.05) is 24.3 Å². The number of nitrogens with one attached hydrogen (secondary N) is 1. The summed E-state index contributed by atoms with van der Waals surface area (Å²) in [6.45, 7) is 1.20. The summed E-state index contributed by atoms with van der Waals surface area (Å²) in [5.74, 6) is -0.298. The van der Waals surface area contributed by atoms with Gasteiger partial charge >= 0.3 is 5.97 Å². The van der Waals surface area contributed by atoms with E-state index in [4.69, 9.17) is 9.84 Å². The van der Waals surface area contributed by atoms with Gasteiger partial charge in [-0.15, -0.1) is 0 Å². The molecule has 2 aromatic rings. The van der Waals surface area contributed by atoms with Crippen molar-refractivity contribution in [3.63, 3.8) is 0 Å². The number of carbonyl (C=O) groups excluding carboxylic acids is 1. The molecule has 1 aliphatic rings. The second kappa shape index (κ2) is 8.68. The van der Waals surface area contributed by atoms with E-state index in [1.807, 2.05) is 53.4 Å². The fourth-order valence-corrected chi connectivity index (χ4v) is 3.40. The molecule has 27 heavy (non-hydrogen) atoms. The highest BCUT2D eigenvalue weighted by Crippen LogP contribution is 2.25. The molecule has 0 aliphatic carbocycles. The normalized spacial score (nSPS) is 17.3. The van der Waals surface area contributed by atoms with Gasteiger partial charge in [-0.2, -0.15) is 0 Å². The molecule has 142 valence electrons. The highest BCUT2D eigenvalue weighted by molar-refractivity contribution is 5.93. The second-order valence-corrected chi connectivity index (χ2v) is 6.77. The van der Waals surface area contributed by atoms with Gasteiger partial charge in [-0.25, -0.2) is 0 Å². The number of methoxy groups -OCH3 is 1. The van der Waals surface area contributed by atoms with Crippen molar-refractivity contribution in [1.29, 1.82) is 0 Å². The number of anilines is 1. The van der Waals surface area contributed by atoms with Gasteiger partial charge in [0.15, 0.2) is 0 Å². The first-order valence-electron chi connectivity index (χ1n) is 9.04. The molecule has 0 radical (unpaired) electrons. The Hall–Kier alpha value is -2.86. The van der Waals surface area contributed by atoms with Crippen LogP contribution in [0, 0.1) is 5.92 Å². The number of benzene rings is 2. The summed E-state index contributed by atoms with van der Waals surface area (Å²) in [6, 6.07) is 15.5. The van der Waals surface area contributed by atoms with E-state index in [1.165, 1.54) is 0 Å². The van der Waals surface area contributed by atoms with Gasteiger partial charge in [-0.3, -0.25) is 14.5 Å². The van der Waals surface area contributed by atoms with Crippen molar-refractivity contribution in [3.05, 3.63) is 48.5 Å². The van der Waals surface area contributed by atoms with E-state index in [-0.39, 0.29) is 18.4 Å². The van der Waals surface area contributed by atoms with Crippen LogP contribution in [0.3, 0.4) is 0 Å². The fraction of sp³-hybridized carbons (Fsp3) is 0.333. The van der Waals surface area contributed by atoms with Crippen LogP contribution in [0.25, 0.3) is 11.1 Å². The Morgan fingerprint density at radius 2 is 1.96 bits per heavy atom. The Bertz CT molecular complexity index is 804. The molecule has 1 fully saturated rings. The first-order chi connectivity index (χ1) is 13.0. The Balaban J connectivity index is 1.62. The molecule has 3 rings (SSSR count). The molecule has 1 atom stereocenters. The molecule has 2 N–H and O–H groups in total. The number of piperidine rings is 1. The molecular weight excluding hydrogens is 344 g/mol. The van der Waals surface area contributed by atoms with Gasteiger partial charge in [-0.05, 0) is 54.8 Å². The lowest BCUT2D eigenvalue weighted by Gasteiger charge is -2.30. The molecule has 0 aromatic heterocycles. The largest absolute Gasteiger partial charge is 0.497 e. The number of rotatable bonds is 6. The van der Waals surface area contributed by atoms with E-state index in [9.17, 15) is 9.59 Å². The van der Waals surface area contributed by atoms with Gasteiger partial charge in [0.1, 0.15) is 5.75 Å². The standard InChI is InChI=1S/C21H24N2O4/c1-27-19-6-2-4-16(12-19)15-7-9-18(10-8-15)22-21(26)17-5-3-11-23(13-17)14-20(24)25/h2,4,6-10,12,17H,3,5,11,13-14H2,1H3,(H,22,26)(H,24,25)/t17-/m0/s1. The van der Waals surface area contributed by atoms with E-state index in [2.05, 4.69) is 5.32 Å². The van der Waals surface area contributed by atoms with Crippen molar-refractivity contribution in [3.8, 4) is 16.9 Å². The first-order valence-corrected chi connectivity index (χ1v) is 9.04. The van der Waals surface area contributed by atoms with Gasteiger partial charge in [0.05, 0.1) is 19.6 Å². The summed E-state index contributed by atoms with van der Waals surface area (Å²) in [7, 11) is 1.64. The molecule has 0 spiro atoms. The van der Waals surface area contributed by atoms with Crippen LogP contribution < -0.4 is 10.1 Å². The zero-order chi connectivity index (χ0) is 19.2. The second-order valence-electron chi connectivity index (χ2n) is 6.77. The topological polar surface area (TPSA) is 78.9 Å². The van der Waals surface area contributed by atoms with Crippen LogP contribution in [0.5, 0.6) is 5.75 Å². The van der Waals surface area contributed by atoms with Gasteiger partial charge in [0, 0.05) is 12.2 Å². The molecule has 0 unspecified atom stereocenters. The predicted molar refractivity (Wildman–Crippen MR) is 104 cm³/mol. The summed E-state index contributed by atoms with van der Waals surface area (Å²) in [5, 5.41) is 11.9. The average molecular weight is 368 g/mol. The number of ether oxygens (including phenoxy) is 1. The molecule has 1 amide bonds. The molecule has 2 aromatic carbocycles. The molecule has 1 heterocycles. The SMILES string of the molecule is COc1cccc(-c2ccc(NC(=O)[C@H]3CCCN(CC(=O)O)C3)cc2)c1. The van der Waals surface area contributed by atoms with Crippen molar-refractivity contribution in [2.75, 3.05) is 32.1 Å². The number of hydrogen-bond donors (Lipinski definition) is 2. The highest BCUT2D eigenvalue weighted by Gasteiger charge is 2.26. The quantitative estimate of drug-likeness (QED) is 0.819. The van der Waals surface area contributed by atoms with E-state index in [1.54, 1.807) is 7.11 Å². The van der Waals surface area contributed by atoms with Crippen molar-refractivity contribution < 1.29 is 19.4 Å². The molecule has 1 aliphatic heterocycles. The molecule has 0 bridgehead atoms. The zero-order valence-corrected chi connectivity index (χ0v) is 15.4. The van der Waals surface area contributed by atoms with Crippen LogP contribution in [0.4, 0.5) is 5.69 Å². The van der Waals surface area contributed by atoms with Crippen molar-refractivity contribution in [2.45, 2.75) is 12.8 Å². The maximum absolute atomic E-state index is 12.5. The van der Waals surface area contributed by atoms with Crippen LogP contribution in [-0.4, -0.2) is 48.6 Å². The third-order valence-electron chi connectivity index (χ3n) is 4.79. The summed E-state index contributed by atoms with van der Waals surface area (Å²) in [5.41, 5.74) is 2.82. The van der Waals surface area contributed by atoms with E-state index >= 15 is 0 Å². The maximum atomic E-state index is 12.5. The van der Waals surface area contributed by atoms with Crippen molar-refractivity contribution in [1.82, 2.24) is 4.90 Å². The first kappa shape index (κ1) is 18.9. The summed E-state index contributed by atoms with van der Waals surface area (Å²) >= 11 is 0. The van der Waals surface area contributed by atoms with Crippen LogP contribution in [0.15, 0.2) is 48.5 Å². The van der Waals surface area contributed by atoms with Crippen LogP contribution in [-0.2, 0) is 9.59 Å². The third kappa shape index (κ3) is 5.08. The van der Waals surface area contributed by atoms with Crippen molar-refractivity contribution >= 4 is 17.6 Å². The van der Waals surface area contributed by atoms with Gasteiger partial charge in [0.2, 0.25) is 5.91 Å². The van der Waals surface area contributed by atoms with Crippen LogP contribution in [0.2, 0.25) is 0 Å². The number of carboxylic acids is 1. The molecule has 6 nitrogen and oxygen atoms in total. The van der Waals surface area contributed by atoms with Crippen molar-refractivity contribution in [2.24, 2.45) is 5.92 Å². The Kier molecular flexibility index (Phi) is 6.08. The minimum Gasteiger partial charge on any atom is -0.497 e. The lowest BCUT2D eigenvalue weighted by molar-refractivity contribution is -0.139. The maximum Gasteiger partial charge on any atom is 0.317 e. The lowest BCUT2D eigenvalue weighted by Crippen LogP contribution is -2.42. The number of amides is 1. The number of hydrogen-bond acceptors (Lipinski definition) is 4.